The third kappa shape index (κ3) is 4.97. The zero-order valence-electron chi connectivity index (χ0n) is 12.6. The Kier molecular flexibility index (Phi) is 4.99. The SMILES string of the molecule is CC(C)(O)CN1CCN(C(=O)NC(C)(C)C(=O)O)CC1. The lowest BCUT2D eigenvalue weighted by Gasteiger charge is -2.38. The maximum absolute atomic E-state index is 12.0. The standard InChI is InChI=1S/C13H25N3O4/c1-12(2,20)9-15-5-7-16(8-6-15)11(19)14-13(3,4)10(17)18/h20H,5-9H2,1-4H3,(H,14,19)(H,17,18). The molecule has 0 spiro atoms. The molecule has 116 valence electrons. The number of hydrogen-bond acceptors (Lipinski definition) is 4. The van der Waals surface area contributed by atoms with Gasteiger partial charge in [-0.2, -0.15) is 0 Å². The van der Waals surface area contributed by atoms with Gasteiger partial charge in [-0.1, -0.05) is 0 Å². The number of urea groups is 1. The average Bonchev–Trinajstić information content (AvgIpc) is 2.26. The molecule has 0 radical (unpaired) electrons. The van der Waals surface area contributed by atoms with E-state index in [1.807, 2.05) is 0 Å². The van der Waals surface area contributed by atoms with Crippen LogP contribution in [0.1, 0.15) is 27.7 Å². The van der Waals surface area contributed by atoms with Crippen molar-refractivity contribution in [3.63, 3.8) is 0 Å². The first-order chi connectivity index (χ1) is 9.01. The smallest absolute Gasteiger partial charge is 0.328 e. The summed E-state index contributed by atoms with van der Waals surface area (Å²) in [5.74, 6) is -1.06. The molecule has 0 saturated carbocycles. The highest BCUT2D eigenvalue weighted by molar-refractivity contribution is 5.85. The first kappa shape index (κ1) is 16.7. The van der Waals surface area contributed by atoms with Crippen molar-refractivity contribution in [2.75, 3.05) is 32.7 Å². The summed E-state index contributed by atoms with van der Waals surface area (Å²) in [6, 6.07) is -0.361. The molecule has 1 aliphatic rings. The van der Waals surface area contributed by atoms with Crippen LogP contribution in [0.15, 0.2) is 0 Å². The van der Waals surface area contributed by atoms with Crippen LogP contribution in [0.3, 0.4) is 0 Å². The number of aliphatic hydroxyl groups is 1. The number of carbonyl (C=O) groups excluding carboxylic acids is 1. The molecule has 1 aliphatic heterocycles. The fraction of sp³-hybridized carbons (Fsp3) is 0.846. The van der Waals surface area contributed by atoms with Gasteiger partial charge in [-0.15, -0.1) is 0 Å². The molecule has 0 aliphatic carbocycles. The van der Waals surface area contributed by atoms with E-state index >= 15 is 0 Å². The molecule has 7 heteroatoms. The third-order valence-electron chi connectivity index (χ3n) is 3.22. The Morgan fingerprint density at radius 3 is 2.00 bits per heavy atom. The lowest BCUT2D eigenvalue weighted by Crippen LogP contribution is -2.58. The van der Waals surface area contributed by atoms with Gasteiger partial charge in [0.25, 0.3) is 0 Å². The molecular formula is C13H25N3O4. The monoisotopic (exact) mass is 287 g/mol. The number of carbonyl (C=O) groups is 2. The molecule has 1 heterocycles. The summed E-state index contributed by atoms with van der Waals surface area (Å²) in [7, 11) is 0. The highest BCUT2D eigenvalue weighted by Crippen LogP contribution is 2.10. The topological polar surface area (TPSA) is 93.1 Å². The maximum Gasteiger partial charge on any atom is 0.328 e. The van der Waals surface area contributed by atoms with Crippen LogP contribution in [0.5, 0.6) is 0 Å². The minimum absolute atomic E-state index is 0.361. The molecular weight excluding hydrogens is 262 g/mol. The number of carboxylic acids is 1. The van der Waals surface area contributed by atoms with Crippen LogP contribution in [-0.2, 0) is 4.79 Å². The van der Waals surface area contributed by atoms with Crippen LogP contribution in [0.2, 0.25) is 0 Å². The maximum atomic E-state index is 12.0. The fourth-order valence-corrected chi connectivity index (χ4v) is 2.06. The van der Waals surface area contributed by atoms with Gasteiger partial charge in [-0.25, -0.2) is 9.59 Å². The number of amides is 2. The first-order valence-corrected chi connectivity index (χ1v) is 6.76. The van der Waals surface area contributed by atoms with E-state index in [9.17, 15) is 14.7 Å². The minimum Gasteiger partial charge on any atom is -0.480 e. The van der Waals surface area contributed by atoms with Gasteiger partial charge in [0.2, 0.25) is 0 Å². The van der Waals surface area contributed by atoms with Crippen LogP contribution in [0, 0.1) is 0 Å². The van der Waals surface area contributed by atoms with Gasteiger partial charge in [0, 0.05) is 32.7 Å². The van der Waals surface area contributed by atoms with Crippen molar-refractivity contribution < 1.29 is 19.8 Å². The number of aliphatic carboxylic acids is 1. The molecule has 0 aromatic carbocycles. The van der Waals surface area contributed by atoms with Gasteiger partial charge in [-0.3, -0.25) is 4.90 Å². The fourth-order valence-electron chi connectivity index (χ4n) is 2.06. The highest BCUT2D eigenvalue weighted by Gasteiger charge is 2.32. The van der Waals surface area contributed by atoms with E-state index in [1.54, 1.807) is 18.7 Å². The predicted molar refractivity (Wildman–Crippen MR) is 74.6 cm³/mol. The molecule has 3 N–H and O–H groups in total. The zero-order chi connectivity index (χ0) is 15.6. The molecule has 2 amide bonds. The molecule has 7 nitrogen and oxygen atoms in total. The summed E-state index contributed by atoms with van der Waals surface area (Å²) < 4.78 is 0. The van der Waals surface area contributed by atoms with E-state index in [4.69, 9.17) is 5.11 Å². The largest absolute Gasteiger partial charge is 0.480 e. The van der Waals surface area contributed by atoms with Crippen molar-refractivity contribution in [3.05, 3.63) is 0 Å². The van der Waals surface area contributed by atoms with Crippen molar-refractivity contribution in [1.29, 1.82) is 0 Å². The second-order valence-electron chi connectivity index (χ2n) is 6.44. The Balaban J connectivity index is 2.46. The van der Waals surface area contributed by atoms with E-state index in [-0.39, 0.29) is 6.03 Å². The van der Waals surface area contributed by atoms with Crippen LogP contribution in [0.25, 0.3) is 0 Å². The Hall–Kier alpha value is -1.34. The molecule has 1 rings (SSSR count). The van der Waals surface area contributed by atoms with E-state index in [1.165, 1.54) is 13.8 Å². The Morgan fingerprint density at radius 1 is 1.10 bits per heavy atom. The molecule has 0 aromatic heterocycles. The minimum atomic E-state index is -1.28. The third-order valence-corrected chi connectivity index (χ3v) is 3.22. The Labute approximate surface area is 119 Å². The molecule has 1 saturated heterocycles. The van der Waals surface area contributed by atoms with E-state index in [0.29, 0.717) is 32.7 Å². The second-order valence-corrected chi connectivity index (χ2v) is 6.44. The number of rotatable bonds is 4. The molecule has 0 bridgehead atoms. The molecule has 1 fully saturated rings. The first-order valence-electron chi connectivity index (χ1n) is 6.76. The summed E-state index contributed by atoms with van der Waals surface area (Å²) >= 11 is 0. The number of hydrogen-bond donors (Lipinski definition) is 3. The summed E-state index contributed by atoms with van der Waals surface area (Å²) in [5.41, 5.74) is -2.03. The van der Waals surface area contributed by atoms with E-state index < -0.39 is 17.1 Å². The van der Waals surface area contributed by atoms with Crippen LogP contribution in [-0.4, -0.2) is 75.9 Å². The van der Waals surface area contributed by atoms with Crippen molar-refractivity contribution >= 4 is 12.0 Å². The second kappa shape index (κ2) is 5.97. The van der Waals surface area contributed by atoms with Gasteiger partial charge in [0.05, 0.1) is 5.60 Å². The molecule has 0 aromatic rings. The van der Waals surface area contributed by atoms with Crippen molar-refractivity contribution in [2.24, 2.45) is 0 Å². The number of β-amino-alcohol motifs (C(OH)–C–C–N with tert-alkyl or cyclic N) is 1. The molecule has 20 heavy (non-hydrogen) atoms. The molecule has 0 atom stereocenters. The van der Waals surface area contributed by atoms with Crippen LogP contribution >= 0.6 is 0 Å². The number of piperazine rings is 1. The van der Waals surface area contributed by atoms with E-state index in [0.717, 1.165) is 0 Å². The lowest BCUT2D eigenvalue weighted by atomic mass is 10.1. The predicted octanol–water partition coefficient (Wildman–Crippen LogP) is -0.0523. The summed E-state index contributed by atoms with van der Waals surface area (Å²) in [5, 5.41) is 21.3. The lowest BCUT2D eigenvalue weighted by molar-refractivity contribution is -0.143. The normalized spacial score (nSPS) is 17.9. The number of nitrogens with one attached hydrogen (secondary N) is 1. The quantitative estimate of drug-likeness (QED) is 0.674. The van der Waals surface area contributed by atoms with E-state index in [2.05, 4.69) is 10.2 Å². The van der Waals surface area contributed by atoms with Gasteiger partial charge in [0.15, 0.2) is 0 Å². The van der Waals surface area contributed by atoms with Crippen molar-refractivity contribution in [1.82, 2.24) is 15.1 Å². The van der Waals surface area contributed by atoms with Crippen LogP contribution < -0.4 is 5.32 Å². The Morgan fingerprint density at radius 2 is 1.60 bits per heavy atom. The summed E-state index contributed by atoms with van der Waals surface area (Å²) in [4.78, 5) is 26.7. The average molecular weight is 287 g/mol. The van der Waals surface area contributed by atoms with Gasteiger partial charge < -0.3 is 20.4 Å². The van der Waals surface area contributed by atoms with Gasteiger partial charge >= 0.3 is 12.0 Å². The summed E-state index contributed by atoms with van der Waals surface area (Å²) in [6.07, 6.45) is 0. The Bertz CT molecular complexity index is 368. The van der Waals surface area contributed by atoms with Crippen LogP contribution in [0.4, 0.5) is 4.79 Å². The number of nitrogens with zero attached hydrogens (tertiary/aromatic N) is 2. The highest BCUT2D eigenvalue weighted by atomic mass is 16.4. The van der Waals surface area contributed by atoms with Crippen molar-refractivity contribution in [3.8, 4) is 0 Å². The number of carboxylic acid groups (broad SMARTS) is 1. The summed E-state index contributed by atoms with van der Waals surface area (Å²) in [6.45, 7) is 9.37. The van der Waals surface area contributed by atoms with Gasteiger partial charge in [-0.05, 0) is 27.7 Å². The zero-order valence-corrected chi connectivity index (χ0v) is 12.6. The van der Waals surface area contributed by atoms with Gasteiger partial charge in [0.1, 0.15) is 5.54 Å². The van der Waals surface area contributed by atoms with Crippen molar-refractivity contribution in [2.45, 2.75) is 38.8 Å². The molecule has 0 unspecified atom stereocenters.